The molecule has 4 nitrogen and oxygen atoms in total. The maximum Gasteiger partial charge on any atom is 0.255 e. The summed E-state index contributed by atoms with van der Waals surface area (Å²) in [4.78, 5) is 11.6. The van der Waals surface area contributed by atoms with E-state index in [1.807, 2.05) is 19.9 Å². The summed E-state index contributed by atoms with van der Waals surface area (Å²) in [6.07, 6.45) is 0.172. The van der Waals surface area contributed by atoms with Crippen LogP contribution < -0.4 is 10.7 Å². The number of carbonyl (C=O) groups is 1. The summed E-state index contributed by atoms with van der Waals surface area (Å²) in [6.45, 7) is 3.83. The van der Waals surface area contributed by atoms with Gasteiger partial charge in [-0.25, -0.2) is 0 Å². The highest BCUT2D eigenvalue weighted by atomic mass is 35.5. The molecule has 0 bridgehead atoms. The molecular formula is C11H12ClN3O. The van der Waals surface area contributed by atoms with Crippen LogP contribution in [0.3, 0.4) is 0 Å². The number of anilines is 1. The van der Waals surface area contributed by atoms with Crippen LogP contribution in [-0.2, 0) is 4.79 Å². The van der Waals surface area contributed by atoms with Crippen molar-refractivity contribution in [3.63, 3.8) is 0 Å². The van der Waals surface area contributed by atoms with Crippen LogP contribution in [0.15, 0.2) is 17.2 Å². The van der Waals surface area contributed by atoms with Gasteiger partial charge < -0.3 is 5.73 Å². The van der Waals surface area contributed by atoms with Crippen molar-refractivity contribution in [1.82, 2.24) is 0 Å². The molecule has 0 spiro atoms. The Balaban J connectivity index is 2.49. The Hall–Kier alpha value is -1.55. The number of benzene rings is 1. The molecule has 1 aromatic carbocycles. The van der Waals surface area contributed by atoms with Crippen molar-refractivity contribution in [2.45, 2.75) is 20.3 Å². The molecule has 2 rings (SSSR count). The summed E-state index contributed by atoms with van der Waals surface area (Å²) in [5.74, 6) is 0.210. The third-order valence-corrected chi connectivity index (χ3v) is 2.91. The minimum absolute atomic E-state index is 0.125. The van der Waals surface area contributed by atoms with Crippen LogP contribution in [-0.4, -0.2) is 11.7 Å². The molecule has 0 aliphatic carbocycles. The fraction of sp³-hybridized carbons (Fsp3) is 0.273. The number of amidine groups is 1. The van der Waals surface area contributed by atoms with Gasteiger partial charge >= 0.3 is 0 Å². The van der Waals surface area contributed by atoms with Gasteiger partial charge in [0.1, 0.15) is 5.84 Å². The van der Waals surface area contributed by atoms with E-state index in [4.69, 9.17) is 17.3 Å². The van der Waals surface area contributed by atoms with Crippen molar-refractivity contribution in [2.75, 3.05) is 5.01 Å². The highest BCUT2D eigenvalue weighted by molar-refractivity contribution is 6.31. The minimum Gasteiger partial charge on any atom is -0.385 e. The zero-order chi connectivity index (χ0) is 11.9. The molecule has 16 heavy (non-hydrogen) atoms. The van der Waals surface area contributed by atoms with E-state index in [1.165, 1.54) is 5.01 Å². The standard InChI is InChI=1S/C11H12ClN3O/c1-6-3-7(2)9(4-8(6)12)15-11(16)5-10(13)14-15/h3-4H,5H2,1-2H3,(H2,13,14). The van der Waals surface area contributed by atoms with Crippen molar-refractivity contribution in [1.29, 1.82) is 0 Å². The van der Waals surface area contributed by atoms with Crippen LogP contribution in [0, 0.1) is 13.8 Å². The predicted molar refractivity (Wildman–Crippen MR) is 64.7 cm³/mol. The lowest BCUT2D eigenvalue weighted by Gasteiger charge is -2.15. The summed E-state index contributed by atoms with van der Waals surface area (Å²) < 4.78 is 0. The van der Waals surface area contributed by atoms with Crippen LogP contribution in [0.4, 0.5) is 5.69 Å². The SMILES string of the molecule is Cc1cc(C)c(N2N=C(N)CC2=O)cc1Cl. The van der Waals surface area contributed by atoms with E-state index < -0.39 is 0 Å². The zero-order valence-electron chi connectivity index (χ0n) is 9.12. The van der Waals surface area contributed by atoms with Crippen LogP contribution in [0.25, 0.3) is 0 Å². The average Bonchev–Trinajstić information content (AvgIpc) is 2.51. The molecule has 84 valence electrons. The van der Waals surface area contributed by atoms with E-state index in [9.17, 15) is 4.79 Å². The Labute approximate surface area is 98.7 Å². The topological polar surface area (TPSA) is 58.7 Å². The quantitative estimate of drug-likeness (QED) is 0.812. The third kappa shape index (κ3) is 1.76. The molecule has 1 amide bonds. The number of nitrogens with two attached hydrogens (primary N) is 1. The first kappa shape index (κ1) is 11.0. The van der Waals surface area contributed by atoms with E-state index >= 15 is 0 Å². The molecule has 0 fully saturated rings. The van der Waals surface area contributed by atoms with Gasteiger partial charge in [-0.15, -0.1) is 0 Å². The van der Waals surface area contributed by atoms with Gasteiger partial charge in [-0.1, -0.05) is 17.7 Å². The molecule has 1 aromatic rings. The number of hydrazone groups is 1. The average molecular weight is 238 g/mol. The van der Waals surface area contributed by atoms with Gasteiger partial charge in [0, 0.05) is 5.02 Å². The highest BCUT2D eigenvalue weighted by Gasteiger charge is 2.25. The lowest BCUT2D eigenvalue weighted by atomic mass is 10.1. The molecule has 0 atom stereocenters. The number of nitrogens with zero attached hydrogens (tertiary/aromatic N) is 2. The van der Waals surface area contributed by atoms with Crippen molar-refractivity contribution < 1.29 is 4.79 Å². The molecule has 1 aliphatic rings. The van der Waals surface area contributed by atoms with Crippen LogP contribution in [0.2, 0.25) is 5.02 Å². The van der Waals surface area contributed by atoms with Crippen LogP contribution in [0.5, 0.6) is 0 Å². The number of carbonyl (C=O) groups excluding carboxylic acids is 1. The zero-order valence-corrected chi connectivity index (χ0v) is 9.88. The fourth-order valence-electron chi connectivity index (χ4n) is 1.68. The molecule has 0 unspecified atom stereocenters. The van der Waals surface area contributed by atoms with Gasteiger partial charge in [-0.05, 0) is 31.0 Å². The lowest BCUT2D eigenvalue weighted by Crippen LogP contribution is -2.20. The molecule has 2 N–H and O–H groups in total. The fourth-order valence-corrected chi connectivity index (χ4v) is 1.84. The van der Waals surface area contributed by atoms with Gasteiger partial charge in [0.2, 0.25) is 0 Å². The third-order valence-electron chi connectivity index (χ3n) is 2.50. The Morgan fingerprint density at radius 2 is 2.06 bits per heavy atom. The first-order valence-corrected chi connectivity index (χ1v) is 5.29. The number of rotatable bonds is 1. The molecular weight excluding hydrogens is 226 g/mol. The van der Waals surface area contributed by atoms with Crippen LogP contribution >= 0.6 is 11.6 Å². The minimum atomic E-state index is -0.125. The van der Waals surface area contributed by atoms with E-state index in [0.717, 1.165) is 11.1 Å². The first-order valence-electron chi connectivity index (χ1n) is 4.91. The van der Waals surface area contributed by atoms with Gasteiger partial charge in [-0.3, -0.25) is 4.79 Å². The summed E-state index contributed by atoms with van der Waals surface area (Å²) in [5.41, 5.74) is 8.15. The van der Waals surface area contributed by atoms with Gasteiger partial charge in [0.05, 0.1) is 12.1 Å². The summed E-state index contributed by atoms with van der Waals surface area (Å²) in [5, 5.41) is 5.93. The predicted octanol–water partition coefficient (Wildman–Crippen LogP) is 1.97. The number of amides is 1. The second kappa shape index (κ2) is 3.79. The van der Waals surface area contributed by atoms with E-state index in [2.05, 4.69) is 5.10 Å². The smallest absolute Gasteiger partial charge is 0.255 e. The molecule has 0 aromatic heterocycles. The molecule has 5 heteroatoms. The van der Waals surface area contributed by atoms with Crippen LogP contribution in [0.1, 0.15) is 17.5 Å². The van der Waals surface area contributed by atoms with Crippen molar-refractivity contribution in [3.05, 3.63) is 28.3 Å². The largest absolute Gasteiger partial charge is 0.385 e. The van der Waals surface area contributed by atoms with E-state index in [1.54, 1.807) is 6.07 Å². The second-order valence-electron chi connectivity index (χ2n) is 3.86. The van der Waals surface area contributed by atoms with Crippen molar-refractivity contribution in [2.24, 2.45) is 10.8 Å². The Morgan fingerprint density at radius 1 is 1.38 bits per heavy atom. The Morgan fingerprint density at radius 3 is 2.62 bits per heavy atom. The molecule has 1 heterocycles. The lowest BCUT2D eigenvalue weighted by molar-refractivity contribution is -0.116. The van der Waals surface area contributed by atoms with Gasteiger partial charge in [-0.2, -0.15) is 10.1 Å². The maximum absolute atomic E-state index is 11.6. The second-order valence-corrected chi connectivity index (χ2v) is 4.27. The van der Waals surface area contributed by atoms with E-state index in [0.29, 0.717) is 16.5 Å². The summed E-state index contributed by atoms with van der Waals surface area (Å²) in [6, 6.07) is 3.67. The Kier molecular flexibility index (Phi) is 2.59. The number of hydrogen-bond donors (Lipinski definition) is 1. The van der Waals surface area contributed by atoms with Gasteiger partial charge in [0.25, 0.3) is 5.91 Å². The summed E-state index contributed by atoms with van der Waals surface area (Å²) in [7, 11) is 0. The Bertz CT molecular complexity index is 496. The normalized spacial score (nSPS) is 15.6. The maximum atomic E-state index is 11.6. The molecule has 1 aliphatic heterocycles. The number of hydrogen-bond acceptors (Lipinski definition) is 3. The molecule has 0 radical (unpaired) electrons. The van der Waals surface area contributed by atoms with Crippen molar-refractivity contribution >= 4 is 29.0 Å². The van der Waals surface area contributed by atoms with Gasteiger partial charge in [0.15, 0.2) is 0 Å². The molecule has 0 saturated heterocycles. The number of halogens is 1. The number of aryl methyl sites for hydroxylation is 2. The monoisotopic (exact) mass is 237 g/mol. The highest BCUT2D eigenvalue weighted by Crippen LogP contribution is 2.29. The molecule has 0 saturated carbocycles. The van der Waals surface area contributed by atoms with Crippen molar-refractivity contribution in [3.8, 4) is 0 Å². The van der Waals surface area contributed by atoms with E-state index in [-0.39, 0.29) is 12.3 Å². The summed E-state index contributed by atoms with van der Waals surface area (Å²) >= 11 is 6.03. The first-order chi connectivity index (χ1) is 7.49.